The number of allylic oxidation sites excluding steroid dienone is 1. The molecule has 1 saturated heterocycles. The maximum atomic E-state index is 13.2. The summed E-state index contributed by atoms with van der Waals surface area (Å²) in [7, 11) is 0. The standard InChI is InChI=1S/C28H30N2O6/c1-17-13-21(31)20(16-29-9-11-30(12-10-29)27(33)36-28(2,3)4)26-24(17)25(32)23(35-26)15-19-14-18-7-5-6-8-22(18)34-19/h5-8,13-15,31H,9-12,16H2,1-4H3/b23-15-. The smallest absolute Gasteiger partial charge is 0.410 e. The molecule has 8 heteroatoms. The highest BCUT2D eigenvalue weighted by Crippen LogP contribution is 2.42. The molecular weight excluding hydrogens is 460 g/mol. The second-order valence-corrected chi connectivity index (χ2v) is 10.3. The summed E-state index contributed by atoms with van der Waals surface area (Å²) >= 11 is 0. The van der Waals surface area contributed by atoms with Gasteiger partial charge in [-0.05, 0) is 51.5 Å². The van der Waals surface area contributed by atoms with Gasteiger partial charge in [0, 0.05) is 44.2 Å². The third kappa shape index (κ3) is 4.68. The first kappa shape index (κ1) is 23.9. The van der Waals surface area contributed by atoms with E-state index in [1.807, 2.05) is 51.1 Å². The van der Waals surface area contributed by atoms with E-state index < -0.39 is 5.60 Å². The number of ketones is 1. The van der Waals surface area contributed by atoms with Gasteiger partial charge in [-0.1, -0.05) is 18.2 Å². The zero-order valence-electron chi connectivity index (χ0n) is 21.0. The molecule has 0 radical (unpaired) electrons. The van der Waals surface area contributed by atoms with E-state index in [-0.39, 0.29) is 23.4 Å². The van der Waals surface area contributed by atoms with Crippen LogP contribution in [0, 0.1) is 6.92 Å². The molecule has 3 heterocycles. The number of phenols is 1. The maximum absolute atomic E-state index is 13.2. The third-order valence-electron chi connectivity index (χ3n) is 6.34. The van der Waals surface area contributed by atoms with Crippen molar-refractivity contribution in [3.05, 3.63) is 64.6 Å². The summed E-state index contributed by atoms with van der Waals surface area (Å²) in [5.74, 6) is 0.912. The van der Waals surface area contributed by atoms with Crippen molar-refractivity contribution >= 4 is 28.9 Å². The lowest BCUT2D eigenvalue weighted by Gasteiger charge is -2.35. The number of aryl methyl sites for hydroxylation is 1. The van der Waals surface area contributed by atoms with Crippen molar-refractivity contribution in [2.24, 2.45) is 0 Å². The molecule has 3 aromatic rings. The van der Waals surface area contributed by atoms with Gasteiger partial charge in [-0.25, -0.2) is 4.79 Å². The molecule has 36 heavy (non-hydrogen) atoms. The van der Waals surface area contributed by atoms with Crippen LogP contribution in [0.5, 0.6) is 11.5 Å². The number of hydrogen-bond donors (Lipinski definition) is 1. The molecule has 1 N–H and O–H groups in total. The van der Waals surface area contributed by atoms with Gasteiger partial charge in [0.2, 0.25) is 5.78 Å². The zero-order valence-corrected chi connectivity index (χ0v) is 21.0. The van der Waals surface area contributed by atoms with Crippen LogP contribution in [0.2, 0.25) is 0 Å². The summed E-state index contributed by atoms with van der Waals surface area (Å²) in [5.41, 5.74) is 1.85. The molecule has 2 aliphatic rings. The number of carbonyl (C=O) groups is 2. The summed E-state index contributed by atoms with van der Waals surface area (Å²) in [6.45, 7) is 9.96. The summed E-state index contributed by atoms with van der Waals surface area (Å²) in [5, 5.41) is 11.7. The second-order valence-electron chi connectivity index (χ2n) is 10.3. The number of phenolic OH excluding ortho intramolecular Hbond substituents is 1. The first-order chi connectivity index (χ1) is 17.1. The van der Waals surface area contributed by atoms with Gasteiger partial charge in [-0.3, -0.25) is 9.69 Å². The number of amides is 1. The Labute approximate surface area is 209 Å². The van der Waals surface area contributed by atoms with Crippen LogP contribution in [0.3, 0.4) is 0 Å². The maximum Gasteiger partial charge on any atom is 0.410 e. The summed E-state index contributed by atoms with van der Waals surface area (Å²) < 4.78 is 17.4. The number of Topliss-reactive ketones (excluding diaryl/α,β-unsaturated/α-hetero) is 1. The van der Waals surface area contributed by atoms with Crippen LogP contribution in [0.15, 0.2) is 46.6 Å². The predicted octanol–water partition coefficient (Wildman–Crippen LogP) is 5.12. The number of rotatable bonds is 3. The van der Waals surface area contributed by atoms with Gasteiger partial charge < -0.3 is 23.9 Å². The summed E-state index contributed by atoms with van der Waals surface area (Å²) in [6.07, 6.45) is 1.28. The van der Waals surface area contributed by atoms with E-state index in [2.05, 4.69) is 4.90 Å². The third-order valence-corrected chi connectivity index (χ3v) is 6.34. The van der Waals surface area contributed by atoms with Crippen LogP contribution < -0.4 is 4.74 Å². The molecule has 2 aliphatic heterocycles. The summed E-state index contributed by atoms with van der Waals surface area (Å²) in [6, 6.07) is 11.1. The van der Waals surface area contributed by atoms with Gasteiger partial charge >= 0.3 is 6.09 Å². The van der Waals surface area contributed by atoms with Crippen LogP contribution in [-0.2, 0) is 11.3 Å². The Morgan fingerprint density at radius 1 is 1.14 bits per heavy atom. The highest BCUT2D eigenvalue weighted by Gasteiger charge is 2.35. The van der Waals surface area contributed by atoms with Crippen LogP contribution in [0.1, 0.15) is 48.0 Å². The Bertz CT molecular complexity index is 1340. The minimum absolute atomic E-state index is 0.0820. The topological polar surface area (TPSA) is 92.5 Å². The van der Waals surface area contributed by atoms with Crippen LogP contribution in [0.25, 0.3) is 17.0 Å². The first-order valence-electron chi connectivity index (χ1n) is 12.1. The van der Waals surface area contributed by atoms with E-state index >= 15 is 0 Å². The van der Waals surface area contributed by atoms with Crippen molar-refractivity contribution < 1.29 is 28.6 Å². The number of aromatic hydroxyl groups is 1. The first-order valence-corrected chi connectivity index (χ1v) is 12.1. The molecule has 5 rings (SSSR count). The number of para-hydroxylation sites is 1. The molecule has 0 aliphatic carbocycles. The molecule has 1 aromatic heterocycles. The average Bonchev–Trinajstić information content (AvgIpc) is 3.36. The number of furan rings is 1. The monoisotopic (exact) mass is 490 g/mol. The van der Waals surface area contributed by atoms with Crippen LogP contribution >= 0.6 is 0 Å². The van der Waals surface area contributed by atoms with Gasteiger partial charge in [0.25, 0.3) is 0 Å². The lowest BCUT2D eigenvalue weighted by atomic mass is 9.99. The minimum Gasteiger partial charge on any atom is -0.507 e. The fourth-order valence-corrected chi connectivity index (χ4v) is 4.57. The Hall–Kier alpha value is -3.78. The Morgan fingerprint density at radius 2 is 1.86 bits per heavy atom. The average molecular weight is 491 g/mol. The van der Waals surface area contributed by atoms with E-state index in [4.69, 9.17) is 13.9 Å². The molecule has 0 saturated carbocycles. The van der Waals surface area contributed by atoms with Crippen molar-refractivity contribution in [1.29, 1.82) is 0 Å². The molecule has 0 bridgehead atoms. The fourth-order valence-electron chi connectivity index (χ4n) is 4.57. The quantitative estimate of drug-likeness (QED) is 0.510. The lowest BCUT2D eigenvalue weighted by molar-refractivity contribution is 0.0137. The molecule has 0 atom stereocenters. The zero-order chi connectivity index (χ0) is 25.6. The Morgan fingerprint density at radius 3 is 2.56 bits per heavy atom. The lowest BCUT2D eigenvalue weighted by Crippen LogP contribution is -2.49. The SMILES string of the molecule is Cc1cc(O)c(CN2CCN(C(=O)OC(C)(C)C)CC2)c2c1C(=O)/C(=C/c1cc3ccccc3o1)O2. The second kappa shape index (κ2) is 9.02. The van der Waals surface area contributed by atoms with E-state index in [9.17, 15) is 14.7 Å². The van der Waals surface area contributed by atoms with E-state index in [0.717, 1.165) is 11.0 Å². The molecule has 0 unspecified atom stereocenters. The minimum atomic E-state index is -0.542. The van der Waals surface area contributed by atoms with Gasteiger partial charge in [-0.2, -0.15) is 0 Å². The van der Waals surface area contributed by atoms with Crippen LogP contribution in [0.4, 0.5) is 4.79 Å². The predicted molar refractivity (Wildman–Crippen MR) is 135 cm³/mol. The number of ether oxygens (including phenoxy) is 2. The van der Waals surface area contributed by atoms with Crippen LogP contribution in [-0.4, -0.2) is 58.6 Å². The van der Waals surface area contributed by atoms with E-state index in [0.29, 0.717) is 60.9 Å². The van der Waals surface area contributed by atoms with Crippen molar-refractivity contribution in [2.75, 3.05) is 26.2 Å². The van der Waals surface area contributed by atoms with Crippen molar-refractivity contribution in [1.82, 2.24) is 9.80 Å². The van der Waals surface area contributed by atoms with Gasteiger partial charge in [0.15, 0.2) is 5.76 Å². The molecular formula is C28H30N2O6. The fraction of sp³-hybridized carbons (Fsp3) is 0.357. The van der Waals surface area contributed by atoms with E-state index in [1.54, 1.807) is 24.0 Å². The van der Waals surface area contributed by atoms with Gasteiger partial charge in [0.05, 0.1) is 11.1 Å². The highest BCUT2D eigenvalue weighted by atomic mass is 16.6. The normalized spacial score (nSPS) is 17.5. The number of hydrogen-bond acceptors (Lipinski definition) is 7. The van der Waals surface area contributed by atoms with Gasteiger partial charge in [0.1, 0.15) is 28.4 Å². The molecule has 1 fully saturated rings. The van der Waals surface area contributed by atoms with E-state index in [1.165, 1.54) is 0 Å². The Balaban J connectivity index is 1.35. The number of nitrogens with zero attached hydrogens (tertiary/aromatic N) is 2. The van der Waals surface area contributed by atoms with Crippen molar-refractivity contribution in [2.45, 2.75) is 39.8 Å². The van der Waals surface area contributed by atoms with Crippen molar-refractivity contribution in [3.63, 3.8) is 0 Å². The van der Waals surface area contributed by atoms with Gasteiger partial charge in [-0.15, -0.1) is 0 Å². The molecule has 2 aromatic carbocycles. The molecule has 0 spiro atoms. The largest absolute Gasteiger partial charge is 0.507 e. The number of benzene rings is 2. The van der Waals surface area contributed by atoms with Crippen molar-refractivity contribution in [3.8, 4) is 11.5 Å². The Kier molecular flexibility index (Phi) is 6.00. The highest BCUT2D eigenvalue weighted by molar-refractivity contribution is 6.15. The molecule has 1 amide bonds. The summed E-state index contributed by atoms with van der Waals surface area (Å²) in [4.78, 5) is 29.4. The number of fused-ring (bicyclic) bond motifs is 2. The molecule has 188 valence electrons. The number of carbonyl (C=O) groups excluding carboxylic acids is 2. The number of piperazine rings is 1. The molecule has 8 nitrogen and oxygen atoms in total.